The van der Waals surface area contributed by atoms with Gasteiger partial charge >= 0.3 is 0 Å². The van der Waals surface area contributed by atoms with E-state index in [0.29, 0.717) is 13.1 Å². The lowest BCUT2D eigenvalue weighted by atomic mass is 10.2. The van der Waals surface area contributed by atoms with Gasteiger partial charge in [0.15, 0.2) is 0 Å². The molecular weight excluding hydrogens is 254 g/mol. The summed E-state index contributed by atoms with van der Waals surface area (Å²) < 4.78 is 5.64. The number of rotatable bonds is 10. The van der Waals surface area contributed by atoms with Crippen LogP contribution in [0.1, 0.15) is 25.3 Å². The fourth-order valence-corrected chi connectivity index (χ4v) is 2.07. The van der Waals surface area contributed by atoms with Crippen molar-refractivity contribution in [3.8, 4) is 5.75 Å². The average Bonchev–Trinajstić information content (AvgIpc) is 2.44. The summed E-state index contributed by atoms with van der Waals surface area (Å²) in [6, 6.07) is 7.78. The first-order valence-corrected chi connectivity index (χ1v) is 7.37. The van der Waals surface area contributed by atoms with E-state index in [9.17, 15) is 5.11 Å². The van der Waals surface area contributed by atoms with E-state index < -0.39 is 6.10 Å². The second kappa shape index (κ2) is 9.75. The Kier molecular flexibility index (Phi) is 8.26. The van der Waals surface area contributed by atoms with E-state index in [-0.39, 0.29) is 13.2 Å². The normalized spacial score (nSPS) is 12.7. The summed E-state index contributed by atoms with van der Waals surface area (Å²) in [5.74, 6) is 0.814. The standard InChI is InChI=1S/C16H27NO3/c1-3-4-9-17(10-11-18)12-15(19)13-20-16-8-6-5-7-14(16)2/h5-8,15,18-19H,3-4,9-13H2,1-2H3/t15-/m0/s1. The molecule has 0 aliphatic heterocycles. The molecular formula is C16H27NO3. The summed E-state index contributed by atoms with van der Waals surface area (Å²) in [4.78, 5) is 2.08. The van der Waals surface area contributed by atoms with Crippen LogP contribution in [0.5, 0.6) is 5.75 Å². The van der Waals surface area contributed by atoms with Gasteiger partial charge in [0.2, 0.25) is 0 Å². The van der Waals surface area contributed by atoms with Gasteiger partial charge < -0.3 is 14.9 Å². The van der Waals surface area contributed by atoms with Crippen molar-refractivity contribution in [2.75, 3.05) is 32.8 Å². The zero-order valence-corrected chi connectivity index (χ0v) is 12.6. The number of nitrogens with zero attached hydrogens (tertiary/aromatic N) is 1. The van der Waals surface area contributed by atoms with Gasteiger partial charge in [-0.3, -0.25) is 4.90 Å². The summed E-state index contributed by atoms with van der Waals surface area (Å²) in [6.07, 6.45) is 1.64. The van der Waals surface area contributed by atoms with Crippen LogP contribution in [0.2, 0.25) is 0 Å². The number of aliphatic hydroxyl groups excluding tert-OH is 2. The molecule has 0 spiro atoms. The second-order valence-corrected chi connectivity index (χ2v) is 5.11. The van der Waals surface area contributed by atoms with Crippen molar-refractivity contribution in [2.45, 2.75) is 32.8 Å². The molecule has 114 valence electrons. The lowest BCUT2D eigenvalue weighted by Crippen LogP contribution is -2.38. The maximum atomic E-state index is 10.0. The maximum absolute atomic E-state index is 10.0. The van der Waals surface area contributed by atoms with Gasteiger partial charge in [-0.05, 0) is 31.5 Å². The fraction of sp³-hybridized carbons (Fsp3) is 0.625. The highest BCUT2D eigenvalue weighted by Crippen LogP contribution is 2.16. The predicted octanol–water partition coefficient (Wildman–Crippen LogP) is 1.83. The molecule has 0 bridgehead atoms. The Balaban J connectivity index is 2.37. The van der Waals surface area contributed by atoms with E-state index in [2.05, 4.69) is 11.8 Å². The minimum atomic E-state index is -0.544. The van der Waals surface area contributed by atoms with E-state index in [4.69, 9.17) is 9.84 Å². The summed E-state index contributed by atoms with van der Waals surface area (Å²) in [5, 5.41) is 19.1. The zero-order valence-electron chi connectivity index (χ0n) is 12.6. The van der Waals surface area contributed by atoms with E-state index in [1.165, 1.54) is 0 Å². The third-order valence-electron chi connectivity index (χ3n) is 3.24. The third-order valence-corrected chi connectivity index (χ3v) is 3.24. The summed E-state index contributed by atoms with van der Waals surface area (Å²) in [7, 11) is 0. The van der Waals surface area contributed by atoms with Gasteiger partial charge in [0.25, 0.3) is 0 Å². The quantitative estimate of drug-likeness (QED) is 0.687. The molecule has 0 aliphatic carbocycles. The molecule has 0 heterocycles. The topological polar surface area (TPSA) is 52.9 Å². The number of aryl methyl sites for hydroxylation is 1. The second-order valence-electron chi connectivity index (χ2n) is 5.11. The number of unbranched alkanes of at least 4 members (excludes halogenated alkanes) is 1. The van der Waals surface area contributed by atoms with Gasteiger partial charge in [-0.15, -0.1) is 0 Å². The average molecular weight is 281 g/mol. The lowest BCUT2D eigenvalue weighted by molar-refractivity contribution is 0.0611. The Labute approximate surface area is 122 Å². The highest BCUT2D eigenvalue weighted by atomic mass is 16.5. The molecule has 0 radical (unpaired) electrons. The monoisotopic (exact) mass is 281 g/mol. The summed E-state index contributed by atoms with van der Waals surface area (Å²) in [5.41, 5.74) is 1.07. The van der Waals surface area contributed by atoms with Crippen LogP contribution in [0.15, 0.2) is 24.3 Å². The minimum Gasteiger partial charge on any atom is -0.491 e. The Morgan fingerprint density at radius 1 is 1.25 bits per heavy atom. The molecule has 0 aliphatic rings. The molecule has 0 saturated heterocycles. The minimum absolute atomic E-state index is 0.120. The van der Waals surface area contributed by atoms with E-state index in [1.807, 2.05) is 31.2 Å². The zero-order chi connectivity index (χ0) is 14.8. The first kappa shape index (κ1) is 17.0. The van der Waals surface area contributed by atoms with Crippen LogP contribution in [0, 0.1) is 6.92 Å². The lowest BCUT2D eigenvalue weighted by Gasteiger charge is -2.24. The van der Waals surface area contributed by atoms with Crippen molar-refractivity contribution in [3.63, 3.8) is 0 Å². The highest BCUT2D eigenvalue weighted by molar-refractivity contribution is 5.31. The molecule has 1 aromatic rings. The molecule has 1 aromatic carbocycles. The van der Waals surface area contributed by atoms with Crippen LogP contribution in [0.25, 0.3) is 0 Å². The Hall–Kier alpha value is -1.10. The smallest absolute Gasteiger partial charge is 0.122 e. The number of hydrogen-bond acceptors (Lipinski definition) is 4. The third kappa shape index (κ3) is 6.37. The van der Waals surface area contributed by atoms with Crippen LogP contribution in [-0.2, 0) is 0 Å². The van der Waals surface area contributed by atoms with Crippen LogP contribution < -0.4 is 4.74 Å². The molecule has 0 aromatic heterocycles. The Morgan fingerprint density at radius 2 is 2.00 bits per heavy atom. The maximum Gasteiger partial charge on any atom is 0.122 e. The Morgan fingerprint density at radius 3 is 2.65 bits per heavy atom. The van der Waals surface area contributed by atoms with Crippen LogP contribution >= 0.6 is 0 Å². The number of para-hydroxylation sites is 1. The first-order valence-electron chi connectivity index (χ1n) is 7.37. The van der Waals surface area contributed by atoms with Crippen molar-refractivity contribution >= 4 is 0 Å². The van der Waals surface area contributed by atoms with Crippen LogP contribution in [-0.4, -0.2) is 54.1 Å². The molecule has 0 saturated carbocycles. The highest BCUT2D eigenvalue weighted by Gasteiger charge is 2.12. The van der Waals surface area contributed by atoms with Crippen molar-refractivity contribution < 1.29 is 14.9 Å². The largest absolute Gasteiger partial charge is 0.491 e. The molecule has 1 atom stereocenters. The number of ether oxygens (including phenoxy) is 1. The van der Waals surface area contributed by atoms with Gasteiger partial charge in [-0.1, -0.05) is 31.5 Å². The summed E-state index contributed by atoms with van der Waals surface area (Å²) >= 11 is 0. The van der Waals surface area contributed by atoms with Crippen molar-refractivity contribution in [1.82, 2.24) is 4.90 Å². The van der Waals surface area contributed by atoms with Gasteiger partial charge in [-0.25, -0.2) is 0 Å². The van der Waals surface area contributed by atoms with Crippen LogP contribution in [0.3, 0.4) is 0 Å². The molecule has 4 heteroatoms. The molecule has 0 unspecified atom stereocenters. The molecule has 4 nitrogen and oxygen atoms in total. The molecule has 20 heavy (non-hydrogen) atoms. The van der Waals surface area contributed by atoms with Crippen molar-refractivity contribution in [2.24, 2.45) is 0 Å². The van der Waals surface area contributed by atoms with E-state index in [1.54, 1.807) is 0 Å². The molecule has 0 amide bonds. The number of hydrogen-bond donors (Lipinski definition) is 2. The van der Waals surface area contributed by atoms with Crippen molar-refractivity contribution in [3.05, 3.63) is 29.8 Å². The van der Waals surface area contributed by atoms with Gasteiger partial charge in [0, 0.05) is 13.1 Å². The summed E-state index contributed by atoms with van der Waals surface area (Å²) in [6.45, 7) is 6.55. The molecule has 1 rings (SSSR count). The number of aliphatic hydroxyl groups is 2. The van der Waals surface area contributed by atoms with E-state index in [0.717, 1.165) is 30.7 Å². The van der Waals surface area contributed by atoms with Gasteiger partial charge in [0.1, 0.15) is 18.5 Å². The fourth-order valence-electron chi connectivity index (χ4n) is 2.07. The Bertz CT molecular complexity index is 370. The molecule has 0 fully saturated rings. The molecule has 2 N–H and O–H groups in total. The van der Waals surface area contributed by atoms with Crippen LogP contribution in [0.4, 0.5) is 0 Å². The predicted molar refractivity (Wildman–Crippen MR) is 81.1 cm³/mol. The first-order chi connectivity index (χ1) is 9.67. The van der Waals surface area contributed by atoms with E-state index >= 15 is 0 Å². The SMILES string of the molecule is CCCCN(CCO)C[C@H](O)COc1ccccc1C. The van der Waals surface area contributed by atoms with Gasteiger partial charge in [-0.2, -0.15) is 0 Å². The van der Waals surface area contributed by atoms with Gasteiger partial charge in [0.05, 0.1) is 6.61 Å². The van der Waals surface area contributed by atoms with Crippen molar-refractivity contribution in [1.29, 1.82) is 0 Å². The number of benzene rings is 1.